The van der Waals surface area contributed by atoms with E-state index in [4.69, 9.17) is 9.47 Å². The van der Waals surface area contributed by atoms with Crippen LogP contribution in [0, 0.1) is 5.92 Å². The molecule has 0 N–H and O–H groups in total. The van der Waals surface area contributed by atoms with Crippen molar-refractivity contribution in [2.75, 3.05) is 19.7 Å². The number of hydrogen-bond donors (Lipinski definition) is 0. The van der Waals surface area contributed by atoms with Crippen LogP contribution >= 0.6 is 0 Å². The Hall–Kier alpha value is -2.50. The van der Waals surface area contributed by atoms with Crippen molar-refractivity contribution in [1.29, 1.82) is 0 Å². The summed E-state index contributed by atoms with van der Waals surface area (Å²) in [5.74, 6) is 0.141. The van der Waals surface area contributed by atoms with Crippen LogP contribution < -0.4 is 0 Å². The zero-order valence-corrected chi connectivity index (χ0v) is 17.9. The average Bonchev–Trinajstić information content (AvgIpc) is 3.00. The highest BCUT2D eigenvalue weighted by Gasteiger charge is 2.27. The van der Waals surface area contributed by atoms with Gasteiger partial charge in [-0.3, -0.25) is 4.79 Å². The summed E-state index contributed by atoms with van der Waals surface area (Å²) in [7, 11) is 2.02. The summed E-state index contributed by atoms with van der Waals surface area (Å²) < 4.78 is 13.0. The maximum absolute atomic E-state index is 12.2. The molecule has 3 rings (SSSR count). The minimum absolute atomic E-state index is 0.160. The summed E-state index contributed by atoms with van der Waals surface area (Å²) in [6.45, 7) is 7.33. The number of fused-ring (bicyclic) bond motifs is 1. The van der Waals surface area contributed by atoms with Crippen LogP contribution in [0.4, 0.5) is 4.79 Å². The first-order chi connectivity index (χ1) is 13.7. The Balaban J connectivity index is 1.40. The molecule has 0 unspecified atom stereocenters. The minimum atomic E-state index is -0.479. The predicted octanol–water partition coefficient (Wildman–Crippen LogP) is 4.30. The summed E-state index contributed by atoms with van der Waals surface area (Å²) in [6.07, 6.45) is 4.54. The van der Waals surface area contributed by atoms with E-state index in [0.29, 0.717) is 38.5 Å². The van der Waals surface area contributed by atoms with Gasteiger partial charge in [-0.2, -0.15) is 0 Å². The maximum atomic E-state index is 12.2. The number of carbonyl (C=O) groups excluding carboxylic acids is 2. The van der Waals surface area contributed by atoms with Gasteiger partial charge in [0.05, 0.1) is 6.61 Å². The second-order valence-electron chi connectivity index (χ2n) is 8.88. The van der Waals surface area contributed by atoms with E-state index in [-0.39, 0.29) is 12.1 Å². The lowest BCUT2D eigenvalue weighted by Crippen LogP contribution is -2.42. The zero-order valence-electron chi connectivity index (χ0n) is 17.9. The fraction of sp³-hybridized carbons (Fsp3) is 0.565. The van der Waals surface area contributed by atoms with E-state index in [1.807, 2.05) is 40.0 Å². The van der Waals surface area contributed by atoms with Gasteiger partial charge in [0.25, 0.3) is 0 Å². The largest absolute Gasteiger partial charge is 0.465 e. The van der Waals surface area contributed by atoms with Gasteiger partial charge in [0.1, 0.15) is 5.60 Å². The highest BCUT2D eigenvalue weighted by Crippen LogP contribution is 2.22. The molecule has 1 aromatic heterocycles. The van der Waals surface area contributed by atoms with Crippen molar-refractivity contribution in [3.8, 4) is 0 Å². The van der Waals surface area contributed by atoms with Gasteiger partial charge in [-0.15, -0.1) is 0 Å². The molecule has 1 amide bonds. The molecule has 2 aromatic rings. The molecular weight excluding hydrogens is 368 g/mol. The fourth-order valence-electron chi connectivity index (χ4n) is 3.75. The monoisotopic (exact) mass is 400 g/mol. The molecule has 0 spiro atoms. The summed E-state index contributed by atoms with van der Waals surface area (Å²) in [4.78, 5) is 26.1. The van der Waals surface area contributed by atoms with E-state index in [0.717, 1.165) is 12.8 Å². The maximum Gasteiger partial charge on any atom is 0.410 e. The highest BCUT2D eigenvalue weighted by atomic mass is 16.6. The van der Waals surface area contributed by atoms with Gasteiger partial charge in [0, 0.05) is 43.7 Å². The molecule has 1 fully saturated rings. The molecule has 6 nitrogen and oxygen atoms in total. The van der Waals surface area contributed by atoms with Gasteiger partial charge in [0.15, 0.2) is 0 Å². The molecule has 0 bridgehead atoms. The lowest BCUT2D eigenvalue weighted by molar-refractivity contribution is -0.145. The smallest absolute Gasteiger partial charge is 0.410 e. The first-order valence-corrected chi connectivity index (χ1v) is 10.4. The fourth-order valence-corrected chi connectivity index (χ4v) is 3.75. The van der Waals surface area contributed by atoms with Crippen molar-refractivity contribution in [2.24, 2.45) is 13.0 Å². The molecule has 6 heteroatoms. The number of ether oxygens (including phenoxy) is 2. The molecule has 1 aliphatic rings. The average molecular weight is 401 g/mol. The first kappa shape index (κ1) is 21.2. The molecule has 0 atom stereocenters. The van der Waals surface area contributed by atoms with Crippen LogP contribution in [0.25, 0.3) is 10.9 Å². The Labute approximate surface area is 172 Å². The zero-order chi connectivity index (χ0) is 21.0. The van der Waals surface area contributed by atoms with E-state index in [1.165, 1.54) is 16.5 Å². The number of piperidine rings is 1. The summed E-state index contributed by atoms with van der Waals surface area (Å²) in [5, 5.41) is 1.19. The third kappa shape index (κ3) is 5.75. The predicted molar refractivity (Wildman–Crippen MR) is 113 cm³/mol. The lowest BCUT2D eigenvalue weighted by Gasteiger charge is -2.33. The van der Waals surface area contributed by atoms with Crippen molar-refractivity contribution in [2.45, 2.75) is 52.1 Å². The van der Waals surface area contributed by atoms with Crippen LogP contribution in [0.15, 0.2) is 30.5 Å². The summed E-state index contributed by atoms with van der Waals surface area (Å²) >= 11 is 0. The second kappa shape index (κ2) is 8.89. The minimum Gasteiger partial charge on any atom is -0.465 e. The van der Waals surface area contributed by atoms with E-state index in [1.54, 1.807) is 4.90 Å². The van der Waals surface area contributed by atoms with Gasteiger partial charge >= 0.3 is 12.1 Å². The quantitative estimate of drug-likeness (QED) is 0.702. The number of para-hydroxylation sites is 1. The van der Waals surface area contributed by atoms with Crippen LogP contribution in [0.1, 0.15) is 45.6 Å². The van der Waals surface area contributed by atoms with Crippen molar-refractivity contribution in [3.63, 3.8) is 0 Å². The van der Waals surface area contributed by atoms with Crippen molar-refractivity contribution >= 4 is 23.0 Å². The van der Waals surface area contributed by atoms with Crippen LogP contribution in [0.2, 0.25) is 0 Å². The molecule has 0 aliphatic carbocycles. The number of rotatable bonds is 5. The number of esters is 1. The molecule has 158 valence electrons. The van der Waals surface area contributed by atoms with E-state index >= 15 is 0 Å². The number of hydrogen-bond acceptors (Lipinski definition) is 4. The van der Waals surface area contributed by atoms with Crippen molar-refractivity contribution < 1.29 is 19.1 Å². The molecule has 29 heavy (non-hydrogen) atoms. The van der Waals surface area contributed by atoms with E-state index < -0.39 is 5.60 Å². The van der Waals surface area contributed by atoms with Gasteiger partial charge in [-0.05, 0) is 57.6 Å². The first-order valence-electron chi connectivity index (χ1n) is 10.4. The Bertz CT molecular complexity index is 857. The van der Waals surface area contributed by atoms with Crippen LogP contribution in [-0.4, -0.2) is 46.8 Å². The Kier molecular flexibility index (Phi) is 6.50. The second-order valence-corrected chi connectivity index (χ2v) is 8.88. The summed E-state index contributed by atoms with van der Waals surface area (Å²) in [5.41, 5.74) is 1.87. The Morgan fingerprint density at radius 2 is 1.83 bits per heavy atom. The standard InChI is InChI=1S/C23H32N2O4/c1-23(2,3)29-22(27)25-13-11-17(12-14-25)16-28-21(26)10-9-18-15-24(4)20-8-6-5-7-19(18)20/h5-8,15,17H,9-14,16H2,1-4H3. The molecule has 2 heterocycles. The molecule has 0 radical (unpaired) electrons. The van der Waals surface area contributed by atoms with E-state index in [9.17, 15) is 9.59 Å². The van der Waals surface area contributed by atoms with Crippen molar-refractivity contribution in [3.05, 3.63) is 36.0 Å². The molecule has 1 aliphatic heterocycles. The van der Waals surface area contributed by atoms with Crippen molar-refractivity contribution in [1.82, 2.24) is 9.47 Å². The highest BCUT2D eigenvalue weighted by molar-refractivity contribution is 5.84. The van der Waals surface area contributed by atoms with Gasteiger partial charge in [0.2, 0.25) is 0 Å². The summed E-state index contributed by atoms with van der Waals surface area (Å²) in [6, 6.07) is 8.22. The topological polar surface area (TPSA) is 60.8 Å². The molecular formula is C23H32N2O4. The third-order valence-electron chi connectivity index (χ3n) is 5.32. The Morgan fingerprint density at radius 3 is 2.52 bits per heavy atom. The van der Waals surface area contributed by atoms with Gasteiger partial charge in [-0.25, -0.2) is 4.79 Å². The molecule has 1 saturated heterocycles. The number of benzene rings is 1. The number of carbonyl (C=O) groups is 2. The number of nitrogens with zero attached hydrogens (tertiary/aromatic N) is 2. The molecule has 1 aromatic carbocycles. The number of aryl methyl sites for hydroxylation is 2. The SMILES string of the molecule is Cn1cc(CCC(=O)OCC2CCN(C(=O)OC(C)(C)C)CC2)c2ccccc21. The normalized spacial score (nSPS) is 15.5. The number of amides is 1. The molecule has 0 saturated carbocycles. The van der Waals surface area contributed by atoms with E-state index in [2.05, 4.69) is 22.9 Å². The van der Waals surface area contributed by atoms with Crippen LogP contribution in [-0.2, 0) is 27.7 Å². The van der Waals surface area contributed by atoms with Gasteiger partial charge in [-0.1, -0.05) is 18.2 Å². The number of likely N-dealkylation sites (tertiary alicyclic amines) is 1. The third-order valence-corrected chi connectivity index (χ3v) is 5.32. The van der Waals surface area contributed by atoms with Gasteiger partial charge < -0.3 is 18.9 Å². The lowest BCUT2D eigenvalue weighted by atomic mass is 9.98. The van der Waals surface area contributed by atoms with Crippen LogP contribution in [0.5, 0.6) is 0 Å². The number of aromatic nitrogens is 1. The van der Waals surface area contributed by atoms with Crippen LogP contribution in [0.3, 0.4) is 0 Å². The Morgan fingerprint density at radius 1 is 1.14 bits per heavy atom.